The molecule has 0 radical (unpaired) electrons. The third-order valence-electron chi connectivity index (χ3n) is 3.58. The second-order valence-corrected chi connectivity index (χ2v) is 5.10. The van der Waals surface area contributed by atoms with Gasteiger partial charge in [-0.1, -0.05) is 6.92 Å². The van der Waals surface area contributed by atoms with E-state index >= 15 is 0 Å². The lowest BCUT2D eigenvalue weighted by molar-refractivity contribution is -0.139. The zero-order valence-electron chi connectivity index (χ0n) is 12.5. The van der Waals surface area contributed by atoms with E-state index < -0.39 is 0 Å². The van der Waals surface area contributed by atoms with Crippen molar-refractivity contribution in [2.24, 2.45) is 0 Å². The van der Waals surface area contributed by atoms with Crippen LogP contribution in [-0.2, 0) is 9.59 Å². The van der Waals surface area contributed by atoms with E-state index in [0.29, 0.717) is 13.1 Å². The van der Waals surface area contributed by atoms with Gasteiger partial charge >= 0.3 is 0 Å². The van der Waals surface area contributed by atoms with Crippen molar-refractivity contribution >= 4 is 11.8 Å². The molecule has 1 unspecified atom stereocenters. The van der Waals surface area contributed by atoms with Gasteiger partial charge in [-0.25, -0.2) is 0 Å². The second-order valence-electron chi connectivity index (χ2n) is 5.10. The molecule has 110 valence electrons. The molecule has 1 N–H and O–H groups in total. The molecule has 0 aromatic carbocycles. The largest absolute Gasteiger partial charge is 0.348 e. The van der Waals surface area contributed by atoms with Crippen LogP contribution in [0.2, 0.25) is 0 Å². The Morgan fingerprint density at radius 2 is 1.84 bits per heavy atom. The highest BCUT2D eigenvalue weighted by molar-refractivity contribution is 5.83. The molecule has 1 atom stereocenters. The summed E-state index contributed by atoms with van der Waals surface area (Å²) in [7, 11) is 3.47. The minimum absolute atomic E-state index is 0.0295. The van der Waals surface area contributed by atoms with Crippen LogP contribution in [0.4, 0.5) is 0 Å². The number of amides is 2. The molecule has 0 spiro atoms. The van der Waals surface area contributed by atoms with E-state index in [-0.39, 0.29) is 17.9 Å². The van der Waals surface area contributed by atoms with E-state index in [9.17, 15) is 9.59 Å². The summed E-state index contributed by atoms with van der Waals surface area (Å²) in [4.78, 5) is 29.5. The molecule has 1 heterocycles. The van der Waals surface area contributed by atoms with Gasteiger partial charge in [0.15, 0.2) is 0 Å². The lowest BCUT2D eigenvalue weighted by Crippen LogP contribution is -2.54. The molecule has 2 amide bonds. The lowest BCUT2D eigenvalue weighted by atomic mass is 10.2. The van der Waals surface area contributed by atoms with Gasteiger partial charge in [0.1, 0.15) is 0 Å². The van der Waals surface area contributed by atoms with Crippen molar-refractivity contribution in [3.63, 3.8) is 0 Å². The van der Waals surface area contributed by atoms with Gasteiger partial charge in [0.05, 0.1) is 12.6 Å². The third kappa shape index (κ3) is 4.47. The van der Waals surface area contributed by atoms with Gasteiger partial charge < -0.3 is 15.1 Å². The van der Waals surface area contributed by atoms with Gasteiger partial charge in [-0.05, 0) is 13.5 Å². The summed E-state index contributed by atoms with van der Waals surface area (Å²) in [5, 5.41) is 3.23. The normalized spacial score (nSPS) is 17.4. The van der Waals surface area contributed by atoms with Crippen molar-refractivity contribution in [2.75, 3.05) is 53.4 Å². The average Bonchev–Trinajstić information content (AvgIpc) is 2.43. The zero-order valence-corrected chi connectivity index (χ0v) is 12.5. The van der Waals surface area contributed by atoms with Crippen molar-refractivity contribution in [2.45, 2.75) is 19.9 Å². The fourth-order valence-electron chi connectivity index (χ4n) is 2.14. The Morgan fingerprint density at radius 1 is 1.26 bits per heavy atom. The van der Waals surface area contributed by atoms with E-state index in [1.54, 1.807) is 19.0 Å². The Balaban J connectivity index is 2.58. The molecular formula is C13H26N4O2. The molecule has 0 bridgehead atoms. The van der Waals surface area contributed by atoms with E-state index in [4.69, 9.17) is 0 Å². The number of nitrogens with zero attached hydrogens (tertiary/aromatic N) is 3. The average molecular weight is 270 g/mol. The van der Waals surface area contributed by atoms with Gasteiger partial charge in [-0.2, -0.15) is 0 Å². The number of carbonyl (C=O) groups excluding carboxylic acids is 2. The topological polar surface area (TPSA) is 55.9 Å². The molecule has 6 heteroatoms. The number of carbonyl (C=O) groups is 2. The standard InChI is InChI=1S/C13H26N4O2/c1-5-16(10-12(18)15(3)4)11(2)13(19)17-8-6-14-7-9-17/h11,14H,5-10H2,1-4H3. The summed E-state index contributed by atoms with van der Waals surface area (Å²) in [5.41, 5.74) is 0. The van der Waals surface area contributed by atoms with Crippen LogP contribution in [0, 0.1) is 0 Å². The first-order valence-electron chi connectivity index (χ1n) is 6.91. The smallest absolute Gasteiger partial charge is 0.239 e. The number of likely N-dealkylation sites (N-methyl/N-ethyl adjacent to an activating group) is 2. The van der Waals surface area contributed by atoms with Crippen molar-refractivity contribution in [3.05, 3.63) is 0 Å². The predicted molar refractivity (Wildman–Crippen MR) is 74.9 cm³/mol. The van der Waals surface area contributed by atoms with Crippen molar-refractivity contribution in [3.8, 4) is 0 Å². The van der Waals surface area contributed by atoms with Gasteiger partial charge in [0.2, 0.25) is 11.8 Å². The summed E-state index contributed by atoms with van der Waals surface area (Å²) in [6, 6.07) is -0.244. The Bertz CT molecular complexity index is 314. The molecule has 0 aliphatic carbocycles. The van der Waals surface area contributed by atoms with Gasteiger partial charge in [-0.15, -0.1) is 0 Å². The quantitative estimate of drug-likeness (QED) is 0.712. The van der Waals surface area contributed by atoms with Gasteiger partial charge in [0.25, 0.3) is 0 Å². The number of hydrogen-bond acceptors (Lipinski definition) is 4. The first kappa shape index (κ1) is 15.9. The highest BCUT2D eigenvalue weighted by atomic mass is 16.2. The maximum Gasteiger partial charge on any atom is 0.239 e. The van der Waals surface area contributed by atoms with Crippen LogP contribution in [0.15, 0.2) is 0 Å². The molecule has 1 aliphatic rings. The molecule has 1 aliphatic heterocycles. The number of hydrogen-bond donors (Lipinski definition) is 1. The molecule has 1 rings (SSSR count). The van der Waals surface area contributed by atoms with Crippen LogP contribution in [0.25, 0.3) is 0 Å². The minimum Gasteiger partial charge on any atom is -0.348 e. The SMILES string of the molecule is CCN(CC(=O)N(C)C)C(C)C(=O)N1CCNCC1. The summed E-state index contributed by atoms with van der Waals surface area (Å²) in [6.07, 6.45) is 0. The van der Waals surface area contributed by atoms with E-state index in [1.165, 1.54) is 0 Å². The molecule has 1 fully saturated rings. The first-order valence-corrected chi connectivity index (χ1v) is 6.91. The number of rotatable bonds is 5. The summed E-state index contributed by atoms with van der Waals surface area (Å²) < 4.78 is 0. The predicted octanol–water partition coefficient (Wildman–Crippen LogP) is -0.783. The summed E-state index contributed by atoms with van der Waals surface area (Å²) in [6.45, 7) is 8.05. The van der Waals surface area contributed by atoms with E-state index in [1.807, 2.05) is 23.6 Å². The van der Waals surface area contributed by atoms with E-state index in [0.717, 1.165) is 26.2 Å². The summed E-state index contributed by atoms with van der Waals surface area (Å²) in [5.74, 6) is 0.150. The molecule has 0 aromatic heterocycles. The summed E-state index contributed by atoms with van der Waals surface area (Å²) >= 11 is 0. The zero-order chi connectivity index (χ0) is 14.4. The maximum absolute atomic E-state index is 12.4. The first-order chi connectivity index (χ1) is 8.97. The van der Waals surface area contributed by atoms with Crippen LogP contribution >= 0.6 is 0 Å². The molecule has 19 heavy (non-hydrogen) atoms. The molecule has 6 nitrogen and oxygen atoms in total. The molecule has 1 saturated heterocycles. The molecule has 0 saturated carbocycles. The Kier molecular flexibility index (Phi) is 6.24. The Labute approximate surface area is 115 Å². The monoisotopic (exact) mass is 270 g/mol. The Morgan fingerprint density at radius 3 is 2.32 bits per heavy atom. The number of piperazine rings is 1. The van der Waals surface area contributed by atoms with Crippen LogP contribution in [0.3, 0.4) is 0 Å². The van der Waals surface area contributed by atoms with Gasteiger partial charge in [-0.3, -0.25) is 14.5 Å². The van der Waals surface area contributed by atoms with Crippen molar-refractivity contribution in [1.29, 1.82) is 0 Å². The maximum atomic E-state index is 12.4. The fraction of sp³-hybridized carbons (Fsp3) is 0.846. The van der Waals surface area contributed by atoms with Crippen molar-refractivity contribution in [1.82, 2.24) is 20.0 Å². The molecular weight excluding hydrogens is 244 g/mol. The highest BCUT2D eigenvalue weighted by Gasteiger charge is 2.27. The molecule has 0 aromatic rings. The van der Waals surface area contributed by atoms with Crippen LogP contribution in [-0.4, -0.2) is 85.9 Å². The lowest BCUT2D eigenvalue weighted by Gasteiger charge is -2.34. The van der Waals surface area contributed by atoms with Gasteiger partial charge in [0, 0.05) is 40.3 Å². The minimum atomic E-state index is -0.244. The second kappa shape index (κ2) is 7.45. The van der Waals surface area contributed by atoms with E-state index in [2.05, 4.69) is 5.32 Å². The number of nitrogens with one attached hydrogen (secondary N) is 1. The fourth-order valence-corrected chi connectivity index (χ4v) is 2.14. The van der Waals surface area contributed by atoms with Crippen LogP contribution in [0.1, 0.15) is 13.8 Å². The third-order valence-corrected chi connectivity index (χ3v) is 3.58. The van der Waals surface area contributed by atoms with Crippen LogP contribution in [0.5, 0.6) is 0 Å². The van der Waals surface area contributed by atoms with Crippen molar-refractivity contribution < 1.29 is 9.59 Å². The van der Waals surface area contributed by atoms with Crippen LogP contribution < -0.4 is 5.32 Å². The highest BCUT2D eigenvalue weighted by Crippen LogP contribution is 2.06. The Hall–Kier alpha value is -1.14.